The number of rotatable bonds is 5. The zero-order chi connectivity index (χ0) is 16.1. The average molecular weight is 337 g/mol. The summed E-state index contributed by atoms with van der Waals surface area (Å²) in [5.74, 6) is -0.0266. The minimum atomic E-state index is -0.0266. The summed E-state index contributed by atoms with van der Waals surface area (Å²) in [6, 6.07) is 11.3. The number of amides is 1. The van der Waals surface area contributed by atoms with Crippen molar-refractivity contribution >= 4 is 40.5 Å². The molecule has 2 rings (SSSR count). The number of aryl methyl sites for hydroxylation is 2. The number of halogens is 2. The molecule has 2 aromatic carbocycles. The van der Waals surface area contributed by atoms with Crippen molar-refractivity contribution < 1.29 is 4.79 Å². The smallest absolute Gasteiger partial charge is 0.226 e. The number of carbonyl (C=O) groups is 1. The lowest BCUT2D eigenvalue weighted by molar-refractivity contribution is -0.115. The van der Waals surface area contributed by atoms with Gasteiger partial charge in [-0.3, -0.25) is 4.79 Å². The summed E-state index contributed by atoms with van der Waals surface area (Å²) in [5.41, 5.74) is 3.87. The Labute approximate surface area is 140 Å². The van der Waals surface area contributed by atoms with E-state index in [4.69, 9.17) is 23.2 Å². The minimum absolute atomic E-state index is 0.0266. The maximum absolute atomic E-state index is 12.0. The molecule has 116 valence electrons. The van der Waals surface area contributed by atoms with Crippen LogP contribution in [0.15, 0.2) is 36.4 Å². The summed E-state index contributed by atoms with van der Waals surface area (Å²) >= 11 is 11.8. The molecule has 0 bridgehead atoms. The second kappa shape index (κ2) is 7.52. The van der Waals surface area contributed by atoms with Gasteiger partial charge in [0.05, 0.1) is 10.0 Å². The summed E-state index contributed by atoms with van der Waals surface area (Å²) in [6.07, 6.45) is 0.369. The monoisotopic (exact) mass is 336 g/mol. The Morgan fingerprint density at radius 3 is 2.55 bits per heavy atom. The second-order valence-electron chi connectivity index (χ2n) is 5.17. The lowest BCUT2D eigenvalue weighted by Crippen LogP contribution is -2.16. The summed E-state index contributed by atoms with van der Waals surface area (Å²) in [6.45, 7) is 4.50. The van der Waals surface area contributed by atoms with Gasteiger partial charge in [0.15, 0.2) is 0 Å². The van der Waals surface area contributed by atoms with Crippen molar-refractivity contribution in [2.45, 2.75) is 20.3 Å². The van der Waals surface area contributed by atoms with Crippen LogP contribution in [0.25, 0.3) is 0 Å². The molecular weight excluding hydrogens is 319 g/mol. The highest BCUT2D eigenvalue weighted by molar-refractivity contribution is 6.42. The maximum atomic E-state index is 12.0. The summed E-state index contributed by atoms with van der Waals surface area (Å²) in [7, 11) is 0. The van der Waals surface area contributed by atoms with E-state index < -0.39 is 0 Å². The molecule has 0 aliphatic carbocycles. The third-order valence-electron chi connectivity index (χ3n) is 3.27. The number of nitrogens with one attached hydrogen (secondary N) is 2. The highest BCUT2D eigenvalue weighted by Gasteiger charge is 2.05. The first-order chi connectivity index (χ1) is 10.5. The van der Waals surface area contributed by atoms with E-state index in [9.17, 15) is 4.79 Å². The predicted octanol–water partition coefficient (Wildman–Crippen LogP) is 5.05. The molecule has 0 saturated heterocycles. The standard InChI is InChI=1S/C17H18Cl2N2O/c1-11-3-4-12(2)16(9-11)21-17(22)7-8-20-13-5-6-14(18)15(19)10-13/h3-6,9-10,20H,7-8H2,1-2H3,(H,21,22). The second-order valence-corrected chi connectivity index (χ2v) is 5.99. The van der Waals surface area contributed by atoms with Crippen LogP contribution in [-0.2, 0) is 4.79 Å². The Morgan fingerprint density at radius 2 is 1.82 bits per heavy atom. The van der Waals surface area contributed by atoms with Crippen molar-refractivity contribution in [3.8, 4) is 0 Å². The lowest BCUT2D eigenvalue weighted by atomic mass is 10.1. The van der Waals surface area contributed by atoms with Crippen LogP contribution < -0.4 is 10.6 Å². The summed E-state index contributed by atoms with van der Waals surface area (Å²) in [4.78, 5) is 12.0. The van der Waals surface area contributed by atoms with E-state index in [2.05, 4.69) is 10.6 Å². The zero-order valence-corrected chi connectivity index (χ0v) is 14.1. The Kier molecular flexibility index (Phi) is 5.69. The molecule has 0 unspecified atom stereocenters. The Morgan fingerprint density at radius 1 is 1.05 bits per heavy atom. The van der Waals surface area contributed by atoms with E-state index in [0.717, 1.165) is 22.5 Å². The fraction of sp³-hybridized carbons (Fsp3) is 0.235. The van der Waals surface area contributed by atoms with Gasteiger partial charge in [-0.25, -0.2) is 0 Å². The molecule has 0 aliphatic rings. The van der Waals surface area contributed by atoms with Crippen molar-refractivity contribution in [2.24, 2.45) is 0 Å². The van der Waals surface area contributed by atoms with E-state index in [0.29, 0.717) is 23.0 Å². The van der Waals surface area contributed by atoms with Gasteiger partial charge in [-0.05, 0) is 49.2 Å². The van der Waals surface area contributed by atoms with Crippen molar-refractivity contribution in [3.05, 3.63) is 57.6 Å². The first-order valence-corrected chi connectivity index (χ1v) is 7.77. The number of benzene rings is 2. The van der Waals surface area contributed by atoms with Gasteiger partial charge in [-0.1, -0.05) is 35.3 Å². The zero-order valence-electron chi connectivity index (χ0n) is 12.5. The van der Waals surface area contributed by atoms with Crippen LogP contribution in [0.5, 0.6) is 0 Å². The SMILES string of the molecule is Cc1ccc(C)c(NC(=O)CCNc2ccc(Cl)c(Cl)c2)c1. The van der Waals surface area contributed by atoms with Crippen molar-refractivity contribution in [1.29, 1.82) is 0 Å². The van der Waals surface area contributed by atoms with Crippen LogP contribution in [0, 0.1) is 13.8 Å². The molecule has 0 spiro atoms. The number of hydrogen-bond acceptors (Lipinski definition) is 2. The van der Waals surface area contributed by atoms with Gasteiger partial charge in [-0.2, -0.15) is 0 Å². The van der Waals surface area contributed by atoms with E-state index in [1.807, 2.05) is 38.1 Å². The van der Waals surface area contributed by atoms with Crippen LogP contribution in [0.3, 0.4) is 0 Å². The normalized spacial score (nSPS) is 10.4. The minimum Gasteiger partial charge on any atom is -0.384 e. The van der Waals surface area contributed by atoms with Gasteiger partial charge < -0.3 is 10.6 Å². The quantitative estimate of drug-likeness (QED) is 0.801. The molecule has 3 nitrogen and oxygen atoms in total. The largest absolute Gasteiger partial charge is 0.384 e. The third-order valence-corrected chi connectivity index (χ3v) is 4.01. The molecule has 5 heteroatoms. The molecule has 0 aromatic heterocycles. The molecule has 0 saturated carbocycles. The van der Waals surface area contributed by atoms with Crippen LogP contribution in [0.2, 0.25) is 10.0 Å². The van der Waals surface area contributed by atoms with Crippen LogP contribution in [0.4, 0.5) is 11.4 Å². The van der Waals surface area contributed by atoms with Crippen LogP contribution in [0.1, 0.15) is 17.5 Å². The molecule has 2 aromatic rings. The summed E-state index contributed by atoms with van der Waals surface area (Å²) in [5, 5.41) is 7.09. The molecule has 0 radical (unpaired) electrons. The van der Waals surface area contributed by atoms with Crippen molar-refractivity contribution in [1.82, 2.24) is 0 Å². The average Bonchev–Trinajstić information content (AvgIpc) is 2.47. The molecular formula is C17H18Cl2N2O. The highest BCUT2D eigenvalue weighted by atomic mass is 35.5. The molecule has 22 heavy (non-hydrogen) atoms. The van der Waals surface area contributed by atoms with Gasteiger partial charge in [0.1, 0.15) is 0 Å². The van der Waals surface area contributed by atoms with Gasteiger partial charge >= 0.3 is 0 Å². The fourth-order valence-corrected chi connectivity index (χ4v) is 2.31. The van der Waals surface area contributed by atoms with E-state index >= 15 is 0 Å². The van der Waals surface area contributed by atoms with Gasteiger partial charge in [-0.15, -0.1) is 0 Å². The molecule has 2 N–H and O–H groups in total. The highest BCUT2D eigenvalue weighted by Crippen LogP contribution is 2.25. The topological polar surface area (TPSA) is 41.1 Å². The first-order valence-electron chi connectivity index (χ1n) is 7.02. The Bertz CT molecular complexity index is 686. The van der Waals surface area contributed by atoms with E-state index in [-0.39, 0.29) is 5.91 Å². The Hall–Kier alpha value is -1.71. The lowest BCUT2D eigenvalue weighted by Gasteiger charge is -2.10. The van der Waals surface area contributed by atoms with Gasteiger partial charge in [0.25, 0.3) is 0 Å². The predicted molar refractivity (Wildman–Crippen MR) is 94.1 cm³/mol. The third kappa shape index (κ3) is 4.65. The number of anilines is 2. The van der Waals surface area contributed by atoms with Gasteiger partial charge in [0.2, 0.25) is 5.91 Å². The number of hydrogen-bond donors (Lipinski definition) is 2. The van der Waals surface area contributed by atoms with Crippen LogP contribution >= 0.6 is 23.2 Å². The van der Waals surface area contributed by atoms with Crippen LogP contribution in [-0.4, -0.2) is 12.5 Å². The van der Waals surface area contributed by atoms with E-state index in [1.54, 1.807) is 12.1 Å². The molecule has 0 heterocycles. The molecule has 0 atom stereocenters. The van der Waals surface area contributed by atoms with Gasteiger partial charge in [0, 0.05) is 24.3 Å². The van der Waals surface area contributed by atoms with Crippen molar-refractivity contribution in [3.63, 3.8) is 0 Å². The molecule has 1 amide bonds. The fourth-order valence-electron chi connectivity index (χ4n) is 2.01. The summed E-state index contributed by atoms with van der Waals surface area (Å²) < 4.78 is 0. The first kappa shape index (κ1) is 16.7. The Balaban J connectivity index is 1.85. The number of carbonyl (C=O) groups excluding carboxylic acids is 1. The van der Waals surface area contributed by atoms with E-state index in [1.165, 1.54) is 0 Å². The molecule has 0 fully saturated rings. The van der Waals surface area contributed by atoms with Crippen molar-refractivity contribution in [2.75, 3.05) is 17.2 Å². The molecule has 0 aliphatic heterocycles. The maximum Gasteiger partial charge on any atom is 0.226 e.